The van der Waals surface area contributed by atoms with Gasteiger partial charge < -0.3 is 0 Å². The standard InChI is InChI=1S/C14H12O3Se/c1-2-11-13(15)14(16)12(17-11)8-9-18-10-6-4-3-5-7-10/h2-9,11-12H,1H2/b9-8+. The fraction of sp³-hybridized carbons (Fsp3) is 0.143. The van der Waals surface area contributed by atoms with Gasteiger partial charge in [-0.05, 0) is 0 Å². The second kappa shape index (κ2) is 5.91. The minimum absolute atomic E-state index is 0.139. The van der Waals surface area contributed by atoms with E-state index in [2.05, 4.69) is 6.58 Å². The Morgan fingerprint density at radius 2 is 1.78 bits per heavy atom. The summed E-state index contributed by atoms with van der Waals surface area (Å²) in [6.45, 7) is 3.47. The Bertz CT molecular complexity index is 493. The number of ether oxygens (including phenoxy) is 1. The third kappa shape index (κ3) is 2.85. The number of benzene rings is 1. The number of carbonyl (C=O) groups excluding carboxylic acids is 2. The van der Waals surface area contributed by atoms with E-state index in [1.165, 1.54) is 10.5 Å². The monoisotopic (exact) mass is 308 g/mol. The molecule has 18 heavy (non-hydrogen) atoms. The van der Waals surface area contributed by atoms with Crippen LogP contribution in [0.3, 0.4) is 0 Å². The molecule has 0 radical (unpaired) electrons. The van der Waals surface area contributed by atoms with Gasteiger partial charge >= 0.3 is 112 Å². The first-order valence-corrected chi connectivity index (χ1v) is 7.31. The summed E-state index contributed by atoms with van der Waals surface area (Å²) in [6.07, 6.45) is 1.50. The SMILES string of the molecule is C=CC1OC(/C=C/[Se]c2ccccc2)C(=O)C1=O. The molecule has 0 aromatic heterocycles. The van der Waals surface area contributed by atoms with Crippen LogP contribution in [0.5, 0.6) is 0 Å². The van der Waals surface area contributed by atoms with Crippen molar-refractivity contribution in [1.29, 1.82) is 0 Å². The number of rotatable bonds is 4. The molecule has 0 bridgehead atoms. The average molecular weight is 307 g/mol. The van der Waals surface area contributed by atoms with Crippen molar-refractivity contribution >= 4 is 31.0 Å². The van der Waals surface area contributed by atoms with Gasteiger partial charge in [-0.1, -0.05) is 0 Å². The number of Topliss-reactive ketones (excluding diaryl/α,β-unsaturated/α-hetero) is 2. The van der Waals surface area contributed by atoms with Gasteiger partial charge in [-0.25, -0.2) is 0 Å². The summed E-state index contributed by atoms with van der Waals surface area (Å²) < 4.78 is 6.49. The number of hydrogen-bond donors (Lipinski definition) is 0. The Morgan fingerprint density at radius 3 is 2.39 bits per heavy atom. The van der Waals surface area contributed by atoms with E-state index in [4.69, 9.17) is 4.74 Å². The number of carbonyl (C=O) groups is 2. The fourth-order valence-corrected chi connectivity index (χ4v) is 3.00. The molecule has 2 unspecified atom stereocenters. The van der Waals surface area contributed by atoms with Crippen LogP contribution in [-0.4, -0.2) is 38.7 Å². The molecule has 0 spiro atoms. The summed E-state index contributed by atoms with van der Waals surface area (Å²) in [6, 6.07) is 9.96. The van der Waals surface area contributed by atoms with Crippen molar-refractivity contribution in [2.45, 2.75) is 12.2 Å². The molecule has 2 rings (SSSR count). The van der Waals surface area contributed by atoms with Crippen molar-refractivity contribution in [3.63, 3.8) is 0 Å². The van der Waals surface area contributed by atoms with Crippen molar-refractivity contribution in [2.75, 3.05) is 0 Å². The molecule has 1 aliphatic rings. The van der Waals surface area contributed by atoms with Crippen LogP contribution < -0.4 is 4.46 Å². The van der Waals surface area contributed by atoms with Gasteiger partial charge in [0.05, 0.1) is 0 Å². The summed E-state index contributed by atoms with van der Waals surface area (Å²) in [5.74, 6) is -0.994. The minimum atomic E-state index is -0.781. The van der Waals surface area contributed by atoms with E-state index >= 15 is 0 Å². The topological polar surface area (TPSA) is 43.4 Å². The zero-order valence-electron chi connectivity index (χ0n) is 9.61. The summed E-state index contributed by atoms with van der Waals surface area (Å²) in [5, 5.41) is 0. The molecule has 4 heteroatoms. The Kier molecular flexibility index (Phi) is 4.26. The van der Waals surface area contributed by atoms with E-state index < -0.39 is 23.8 Å². The third-order valence-corrected chi connectivity index (χ3v) is 4.22. The molecule has 1 heterocycles. The van der Waals surface area contributed by atoms with Gasteiger partial charge in [-0.15, -0.1) is 0 Å². The Hall–Kier alpha value is -1.48. The zero-order valence-corrected chi connectivity index (χ0v) is 11.3. The van der Waals surface area contributed by atoms with Crippen LogP contribution >= 0.6 is 0 Å². The van der Waals surface area contributed by atoms with Gasteiger partial charge in [0.15, 0.2) is 0 Å². The molecule has 3 nitrogen and oxygen atoms in total. The molecule has 1 fully saturated rings. The molecule has 2 atom stereocenters. The summed E-state index contributed by atoms with van der Waals surface area (Å²) in [4.78, 5) is 24.9. The van der Waals surface area contributed by atoms with Crippen LogP contribution in [0.1, 0.15) is 0 Å². The molecule has 0 N–H and O–H groups in total. The van der Waals surface area contributed by atoms with E-state index in [-0.39, 0.29) is 15.0 Å². The molecular formula is C14H12O3Se. The van der Waals surface area contributed by atoms with Crippen LogP contribution in [0.2, 0.25) is 0 Å². The van der Waals surface area contributed by atoms with Crippen LogP contribution in [0.4, 0.5) is 0 Å². The van der Waals surface area contributed by atoms with Gasteiger partial charge in [0.1, 0.15) is 0 Å². The van der Waals surface area contributed by atoms with Gasteiger partial charge in [-0.3, -0.25) is 0 Å². The Labute approximate surface area is 112 Å². The predicted molar refractivity (Wildman–Crippen MR) is 69.8 cm³/mol. The van der Waals surface area contributed by atoms with Crippen molar-refractivity contribution < 1.29 is 14.3 Å². The predicted octanol–water partition coefficient (Wildman–Crippen LogP) is 0.621. The van der Waals surface area contributed by atoms with Gasteiger partial charge in [-0.2, -0.15) is 0 Å². The first-order valence-electron chi connectivity index (χ1n) is 5.47. The summed E-state index contributed by atoms with van der Waals surface area (Å²) >= 11 is 0.139. The van der Waals surface area contributed by atoms with Crippen molar-refractivity contribution in [2.24, 2.45) is 0 Å². The van der Waals surface area contributed by atoms with Crippen molar-refractivity contribution in [1.82, 2.24) is 0 Å². The second-order valence-corrected chi connectivity index (χ2v) is 5.76. The first kappa shape index (κ1) is 13.0. The van der Waals surface area contributed by atoms with Crippen molar-refractivity contribution in [3.8, 4) is 0 Å². The van der Waals surface area contributed by atoms with Gasteiger partial charge in [0, 0.05) is 0 Å². The first-order chi connectivity index (χ1) is 8.72. The van der Waals surface area contributed by atoms with E-state index in [0.29, 0.717) is 0 Å². The maximum atomic E-state index is 11.6. The quantitative estimate of drug-likeness (QED) is 0.465. The summed E-state index contributed by atoms with van der Waals surface area (Å²) in [5.41, 5.74) is 0. The van der Waals surface area contributed by atoms with E-state index in [9.17, 15) is 9.59 Å². The number of hydrogen-bond acceptors (Lipinski definition) is 3. The van der Waals surface area contributed by atoms with Crippen LogP contribution in [0, 0.1) is 0 Å². The molecular weight excluding hydrogens is 295 g/mol. The van der Waals surface area contributed by atoms with E-state index in [1.54, 1.807) is 6.08 Å². The normalized spacial score (nSPS) is 23.8. The van der Waals surface area contributed by atoms with E-state index in [1.807, 2.05) is 35.3 Å². The average Bonchev–Trinajstić information content (AvgIpc) is 2.68. The Balaban J connectivity index is 1.96. The van der Waals surface area contributed by atoms with E-state index in [0.717, 1.165) is 0 Å². The Morgan fingerprint density at radius 1 is 1.11 bits per heavy atom. The molecule has 0 amide bonds. The van der Waals surface area contributed by atoms with Crippen molar-refractivity contribution in [3.05, 3.63) is 54.0 Å². The zero-order chi connectivity index (χ0) is 13.0. The van der Waals surface area contributed by atoms with Gasteiger partial charge in [0.25, 0.3) is 0 Å². The number of ketones is 2. The second-order valence-electron chi connectivity index (χ2n) is 3.70. The van der Waals surface area contributed by atoms with Crippen LogP contribution in [-0.2, 0) is 14.3 Å². The summed E-state index contributed by atoms with van der Waals surface area (Å²) in [7, 11) is 0. The fourth-order valence-electron chi connectivity index (χ4n) is 1.55. The molecule has 92 valence electrons. The third-order valence-electron chi connectivity index (χ3n) is 2.47. The molecule has 0 saturated carbocycles. The molecule has 1 saturated heterocycles. The van der Waals surface area contributed by atoms with Gasteiger partial charge in [0.2, 0.25) is 0 Å². The molecule has 1 aromatic rings. The molecule has 1 aromatic carbocycles. The molecule has 0 aliphatic carbocycles. The van der Waals surface area contributed by atoms with Crippen LogP contribution in [0.25, 0.3) is 0 Å². The maximum absolute atomic E-state index is 11.6. The molecule has 1 aliphatic heterocycles. The van der Waals surface area contributed by atoms with Crippen LogP contribution in [0.15, 0.2) is 54.0 Å².